The van der Waals surface area contributed by atoms with E-state index in [1.165, 1.54) is 0 Å². The van der Waals surface area contributed by atoms with Crippen molar-refractivity contribution >= 4 is 0 Å². The van der Waals surface area contributed by atoms with Crippen LogP contribution in [0.15, 0.2) is 0 Å². The second-order valence-electron chi connectivity index (χ2n) is 4.44. The Morgan fingerprint density at radius 1 is 1.33 bits per heavy atom. The van der Waals surface area contributed by atoms with Crippen LogP contribution in [0.2, 0.25) is 0 Å². The molecule has 68 valence electrons. The Morgan fingerprint density at radius 2 is 2.00 bits per heavy atom. The molecule has 1 fully saturated rings. The van der Waals surface area contributed by atoms with Crippen LogP contribution in [0, 0.1) is 17.2 Å². The highest BCUT2D eigenvalue weighted by molar-refractivity contribution is 4.94. The van der Waals surface area contributed by atoms with Crippen molar-refractivity contribution in [1.29, 1.82) is 5.26 Å². The van der Waals surface area contributed by atoms with Gasteiger partial charge < -0.3 is 4.74 Å². The molecular weight excluding hydrogens is 150 g/mol. The molecule has 2 atom stereocenters. The number of hydrogen-bond donors (Lipinski definition) is 0. The number of ether oxygens (including phenoxy) is 1. The average Bonchev–Trinajstić information content (AvgIpc) is 2.31. The summed E-state index contributed by atoms with van der Waals surface area (Å²) in [5.74, 6) is 0.129. The van der Waals surface area contributed by atoms with Gasteiger partial charge in [-0.1, -0.05) is 0 Å². The molecule has 1 rings (SSSR count). The summed E-state index contributed by atoms with van der Waals surface area (Å²) < 4.78 is 5.78. The van der Waals surface area contributed by atoms with E-state index < -0.39 is 0 Å². The van der Waals surface area contributed by atoms with Crippen molar-refractivity contribution in [3.8, 4) is 6.07 Å². The zero-order valence-electron chi connectivity index (χ0n) is 8.13. The first kappa shape index (κ1) is 9.54. The Bertz CT molecular complexity index is 187. The fourth-order valence-electron chi connectivity index (χ4n) is 1.67. The van der Waals surface area contributed by atoms with Gasteiger partial charge in [0.05, 0.1) is 23.7 Å². The zero-order chi connectivity index (χ0) is 9.19. The van der Waals surface area contributed by atoms with E-state index in [2.05, 4.69) is 6.07 Å². The molecule has 0 N–H and O–H groups in total. The van der Waals surface area contributed by atoms with Crippen LogP contribution < -0.4 is 0 Å². The Morgan fingerprint density at radius 3 is 2.50 bits per heavy atom. The van der Waals surface area contributed by atoms with Crippen molar-refractivity contribution in [3.63, 3.8) is 0 Å². The van der Waals surface area contributed by atoms with Gasteiger partial charge in [0.2, 0.25) is 0 Å². The summed E-state index contributed by atoms with van der Waals surface area (Å²) in [6.07, 6.45) is 3.38. The monoisotopic (exact) mass is 167 g/mol. The summed E-state index contributed by atoms with van der Waals surface area (Å²) in [5, 5.41) is 8.80. The summed E-state index contributed by atoms with van der Waals surface area (Å²) in [7, 11) is 0. The van der Waals surface area contributed by atoms with Gasteiger partial charge in [-0.3, -0.25) is 0 Å². The van der Waals surface area contributed by atoms with Gasteiger partial charge in [0, 0.05) is 0 Å². The maximum absolute atomic E-state index is 8.80. The van der Waals surface area contributed by atoms with Crippen molar-refractivity contribution < 1.29 is 4.74 Å². The molecule has 1 saturated carbocycles. The molecule has 2 nitrogen and oxygen atoms in total. The molecule has 0 radical (unpaired) electrons. The Balaban J connectivity index is 2.48. The fraction of sp³-hybridized carbons (Fsp3) is 0.900. The Kier molecular flexibility index (Phi) is 2.74. The van der Waals surface area contributed by atoms with Crippen LogP contribution in [0.1, 0.15) is 40.0 Å². The minimum Gasteiger partial charge on any atom is -0.371 e. The first-order valence-corrected chi connectivity index (χ1v) is 4.60. The molecule has 0 spiro atoms. The summed E-state index contributed by atoms with van der Waals surface area (Å²) in [4.78, 5) is 0. The van der Waals surface area contributed by atoms with E-state index in [9.17, 15) is 0 Å². The highest BCUT2D eigenvalue weighted by Crippen LogP contribution is 2.30. The minimum atomic E-state index is -0.107. The van der Waals surface area contributed by atoms with Crippen molar-refractivity contribution in [2.75, 3.05) is 0 Å². The number of rotatable bonds is 1. The predicted molar refractivity (Wildman–Crippen MR) is 47.6 cm³/mol. The summed E-state index contributed by atoms with van der Waals surface area (Å²) >= 11 is 0. The lowest BCUT2D eigenvalue weighted by Crippen LogP contribution is -2.29. The van der Waals surface area contributed by atoms with E-state index in [1.807, 2.05) is 20.8 Å². The average molecular weight is 167 g/mol. The lowest BCUT2D eigenvalue weighted by Gasteiger charge is -2.26. The predicted octanol–water partition coefficient (Wildman–Crippen LogP) is 2.49. The molecule has 12 heavy (non-hydrogen) atoms. The van der Waals surface area contributed by atoms with Crippen LogP contribution in [0.5, 0.6) is 0 Å². The van der Waals surface area contributed by atoms with Gasteiger partial charge in [-0.05, 0) is 40.0 Å². The smallest absolute Gasteiger partial charge is 0.0740 e. The van der Waals surface area contributed by atoms with Crippen molar-refractivity contribution in [1.82, 2.24) is 0 Å². The maximum atomic E-state index is 8.80. The highest BCUT2D eigenvalue weighted by Gasteiger charge is 2.31. The second-order valence-corrected chi connectivity index (χ2v) is 4.44. The fourth-order valence-corrected chi connectivity index (χ4v) is 1.67. The highest BCUT2D eigenvalue weighted by atomic mass is 16.5. The lowest BCUT2D eigenvalue weighted by atomic mass is 10.1. The minimum absolute atomic E-state index is 0.107. The summed E-state index contributed by atoms with van der Waals surface area (Å²) in [6, 6.07) is 2.31. The van der Waals surface area contributed by atoms with Crippen LogP contribution in [0.25, 0.3) is 0 Å². The van der Waals surface area contributed by atoms with Gasteiger partial charge >= 0.3 is 0 Å². The first-order valence-electron chi connectivity index (χ1n) is 4.60. The van der Waals surface area contributed by atoms with Gasteiger partial charge in [0.1, 0.15) is 0 Å². The number of hydrogen-bond acceptors (Lipinski definition) is 2. The van der Waals surface area contributed by atoms with E-state index in [0.717, 1.165) is 19.3 Å². The molecule has 0 aromatic carbocycles. The second kappa shape index (κ2) is 3.45. The van der Waals surface area contributed by atoms with Crippen molar-refractivity contribution in [3.05, 3.63) is 0 Å². The largest absolute Gasteiger partial charge is 0.371 e. The molecule has 2 heteroatoms. The van der Waals surface area contributed by atoms with E-state index in [1.54, 1.807) is 0 Å². The van der Waals surface area contributed by atoms with E-state index in [0.29, 0.717) is 0 Å². The van der Waals surface area contributed by atoms with E-state index >= 15 is 0 Å². The molecule has 1 aliphatic rings. The standard InChI is InChI=1S/C10H17NO/c1-10(2,3)12-9-6-4-5-8(9)7-11/h8-9H,4-6H2,1-3H3. The van der Waals surface area contributed by atoms with Crippen LogP contribution in [0.4, 0.5) is 0 Å². The molecule has 0 amide bonds. The molecule has 0 heterocycles. The summed E-state index contributed by atoms with van der Waals surface area (Å²) in [5.41, 5.74) is -0.107. The third kappa shape index (κ3) is 2.49. The van der Waals surface area contributed by atoms with Crippen LogP contribution >= 0.6 is 0 Å². The van der Waals surface area contributed by atoms with Crippen LogP contribution in [-0.4, -0.2) is 11.7 Å². The van der Waals surface area contributed by atoms with E-state index in [4.69, 9.17) is 10.00 Å². The normalized spacial score (nSPS) is 30.2. The summed E-state index contributed by atoms with van der Waals surface area (Å²) in [6.45, 7) is 6.12. The third-order valence-corrected chi connectivity index (χ3v) is 2.12. The first-order chi connectivity index (χ1) is 5.53. The molecule has 0 bridgehead atoms. The Hall–Kier alpha value is -0.550. The quantitative estimate of drug-likeness (QED) is 0.601. The molecule has 2 unspecified atom stereocenters. The van der Waals surface area contributed by atoms with Crippen molar-refractivity contribution in [2.45, 2.75) is 51.7 Å². The molecular formula is C10H17NO. The third-order valence-electron chi connectivity index (χ3n) is 2.12. The van der Waals surface area contributed by atoms with Gasteiger partial charge in [-0.15, -0.1) is 0 Å². The molecule has 0 aromatic rings. The topological polar surface area (TPSA) is 33.0 Å². The Labute approximate surface area is 74.5 Å². The maximum Gasteiger partial charge on any atom is 0.0740 e. The van der Waals surface area contributed by atoms with Crippen LogP contribution in [-0.2, 0) is 4.74 Å². The lowest BCUT2D eigenvalue weighted by molar-refractivity contribution is -0.0668. The molecule has 1 aliphatic carbocycles. The molecule has 0 aliphatic heterocycles. The number of nitriles is 1. The molecule has 0 saturated heterocycles. The molecule has 0 aromatic heterocycles. The zero-order valence-corrected chi connectivity index (χ0v) is 8.13. The van der Waals surface area contributed by atoms with Gasteiger partial charge in [-0.2, -0.15) is 5.26 Å². The van der Waals surface area contributed by atoms with Gasteiger partial charge in [0.25, 0.3) is 0 Å². The SMILES string of the molecule is CC(C)(C)OC1CCCC1C#N. The number of nitrogens with zero attached hydrogens (tertiary/aromatic N) is 1. The van der Waals surface area contributed by atoms with Gasteiger partial charge in [0.15, 0.2) is 0 Å². The van der Waals surface area contributed by atoms with Crippen molar-refractivity contribution in [2.24, 2.45) is 5.92 Å². The van der Waals surface area contributed by atoms with E-state index in [-0.39, 0.29) is 17.6 Å². The van der Waals surface area contributed by atoms with Gasteiger partial charge in [-0.25, -0.2) is 0 Å². The van der Waals surface area contributed by atoms with Crippen LogP contribution in [0.3, 0.4) is 0 Å².